The number of amides is 1. The molecular formula is C16H17N3O3S. The number of aryl methyl sites for hydroxylation is 1. The molecule has 1 N–H and O–H groups in total. The van der Waals surface area contributed by atoms with Crippen molar-refractivity contribution in [3.05, 3.63) is 47.1 Å². The minimum atomic E-state index is -0.549. The fraction of sp³-hybridized carbons (Fsp3) is 0.250. The molecule has 2 rings (SSSR count). The Balaban J connectivity index is 1.73. The summed E-state index contributed by atoms with van der Waals surface area (Å²) in [6.07, 6.45) is 7.31. The minimum absolute atomic E-state index is 0.313. The van der Waals surface area contributed by atoms with E-state index in [1.807, 2.05) is 17.5 Å². The molecule has 2 aromatic heterocycles. The molecule has 0 atom stereocenters. The highest BCUT2D eigenvalue weighted by atomic mass is 32.1. The largest absolute Gasteiger partial charge is 0.466 e. The predicted molar refractivity (Wildman–Crippen MR) is 87.8 cm³/mol. The Hall–Kier alpha value is -2.54. The summed E-state index contributed by atoms with van der Waals surface area (Å²) in [5.41, 5.74) is 1.99. The van der Waals surface area contributed by atoms with E-state index in [9.17, 15) is 9.59 Å². The van der Waals surface area contributed by atoms with Gasteiger partial charge in [-0.25, -0.2) is 9.78 Å². The maximum absolute atomic E-state index is 11.4. The summed E-state index contributed by atoms with van der Waals surface area (Å²) in [6.45, 7) is 0.522. The van der Waals surface area contributed by atoms with Gasteiger partial charge < -0.3 is 10.1 Å². The molecule has 0 radical (unpaired) electrons. The molecule has 0 unspecified atom stereocenters. The van der Waals surface area contributed by atoms with Crippen LogP contribution in [0.3, 0.4) is 0 Å². The van der Waals surface area contributed by atoms with E-state index in [0.717, 1.165) is 41.3 Å². The van der Waals surface area contributed by atoms with E-state index >= 15 is 0 Å². The first kappa shape index (κ1) is 16.8. The van der Waals surface area contributed by atoms with E-state index in [1.54, 1.807) is 23.7 Å². The van der Waals surface area contributed by atoms with Gasteiger partial charge in [0.2, 0.25) is 5.91 Å². The Morgan fingerprint density at radius 3 is 2.83 bits per heavy atom. The first-order chi connectivity index (χ1) is 11.2. The van der Waals surface area contributed by atoms with Gasteiger partial charge in [0, 0.05) is 48.5 Å². The van der Waals surface area contributed by atoms with Crippen LogP contribution in [0.1, 0.15) is 11.4 Å². The first-order valence-corrected chi connectivity index (χ1v) is 7.95. The fourth-order valence-electron chi connectivity index (χ4n) is 1.80. The van der Waals surface area contributed by atoms with Crippen LogP contribution in [-0.2, 0) is 20.7 Å². The molecule has 7 heteroatoms. The third-order valence-corrected chi connectivity index (χ3v) is 3.88. The van der Waals surface area contributed by atoms with E-state index in [1.165, 1.54) is 7.11 Å². The Bertz CT molecular complexity index is 683. The Kier molecular flexibility index (Phi) is 6.43. The first-order valence-electron chi connectivity index (χ1n) is 7.07. The lowest BCUT2D eigenvalue weighted by Crippen LogP contribution is -2.22. The van der Waals surface area contributed by atoms with Crippen LogP contribution in [-0.4, -0.2) is 35.5 Å². The molecule has 2 aromatic rings. The van der Waals surface area contributed by atoms with Crippen LogP contribution < -0.4 is 5.32 Å². The maximum atomic E-state index is 11.4. The number of nitrogens with zero attached hydrogens (tertiary/aromatic N) is 2. The van der Waals surface area contributed by atoms with Gasteiger partial charge in [-0.3, -0.25) is 9.78 Å². The zero-order valence-electron chi connectivity index (χ0n) is 12.7. The van der Waals surface area contributed by atoms with Crippen LogP contribution >= 0.6 is 11.3 Å². The summed E-state index contributed by atoms with van der Waals surface area (Å²) < 4.78 is 4.41. The van der Waals surface area contributed by atoms with Gasteiger partial charge in [0.25, 0.3) is 0 Å². The maximum Gasteiger partial charge on any atom is 0.330 e. The monoisotopic (exact) mass is 331 g/mol. The lowest BCUT2D eigenvalue weighted by atomic mass is 10.2. The smallest absolute Gasteiger partial charge is 0.330 e. The van der Waals surface area contributed by atoms with Crippen LogP contribution in [0, 0.1) is 0 Å². The number of carbonyl (C=O) groups is 2. The summed E-state index contributed by atoms with van der Waals surface area (Å²) in [4.78, 5) is 30.8. The van der Waals surface area contributed by atoms with Crippen LogP contribution in [0.2, 0.25) is 0 Å². The van der Waals surface area contributed by atoms with Crippen LogP contribution in [0.25, 0.3) is 11.3 Å². The van der Waals surface area contributed by atoms with Crippen molar-refractivity contribution < 1.29 is 14.3 Å². The van der Waals surface area contributed by atoms with Gasteiger partial charge in [-0.2, -0.15) is 0 Å². The second-order valence-electron chi connectivity index (χ2n) is 4.61. The number of nitrogens with one attached hydrogen (secondary N) is 1. The molecule has 0 aliphatic heterocycles. The Labute approximate surface area is 138 Å². The molecule has 6 nitrogen and oxygen atoms in total. The number of hydrogen-bond donors (Lipinski definition) is 1. The van der Waals surface area contributed by atoms with Crippen molar-refractivity contribution in [1.82, 2.24) is 15.3 Å². The molecule has 23 heavy (non-hydrogen) atoms. The standard InChI is InChI=1S/C16H17N3O3S/c1-22-16(21)5-4-14(20)18-8-2-3-15-19-13(11-23-15)12-6-9-17-10-7-12/h4-7,9-11H,2-3,8H2,1H3,(H,18,20)/b5-4+. The van der Waals surface area contributed by atoms with Crippen molar-refractivity contribution in [2.24, 2.45) is 0 Å². The lowest BCUT2D eigenvalue weighted by molar-refractivity contribution is -0.135. The number of methoxy groups -OCH3 is 1. The summed E-state index contributed by atoms with van der Waals surface area (Å²) in [6, 6.07) is 3.85. The molecule has 1 amide bonds. The van der Waals surface area contributed by atoms with Crippen molar-refractivity contribution >= 4 is 23.2 Å². The van der Waals surface area contributed by atoms with Crippen molar-refractivity contribution in [1.29, 1.82) is 0 Å². The van der Waals surface area contributed by atoms with Gasteiger partial charge >= 0.3 is 5.97 Å². The van der Waals surface area contributed by atoms with Crippen molar-refractivity contribution in [3.63, 3.8) is 0 Å². The number of aromatic nitrogens is 2. The molecule has 0 aliphatic rings. The highest BCUT2D eigenvalue weighted by molar-refractivity contribution is 7.09. The molecular weight excluding hydrogens is 314 g/mol. The van der Waals surface area contributed by atoms with E-state index in [0.29, 0.717) is 6.54 Å². The highest BCUT2D eigenvalue weighted by Gasteiger charge is 2.04. The van der Waals surface area contributed by atoms with Gasteiger partial charge in [0.1, 0.15) is 0 Å². The lowest BCUT2D eigenvalue weighted by Gasteiger charge is -2.00. The van der Waals surface area contributed by atoms with E-state index in [-0.39, 0.29) is 5.91 Å². The van der Waals surface area contributed by atoms with Crippen LogP contribution in [0.15, 0.2) is 42.1 Å². The number of rotatable bonds is 7. The zero-order chi connectivity index (χ0) is 16.5. The molecule has 0 fully saturated rings. The third-order valence-electron chi connectivity index (χ3n) is 2.97. The topological polar surface area (TPSA) is 81.2 Å². The summed E-state index contributed by atoms with van der Waals surface area (Å²) in [5, 5.41) is 5.75. The number of pyridine rings is 1. The van der Waals surface area contributed by atoms with Gasteiger partial charge in [0.05, 0.1) is 17.8 Å². The van der Waals surface area contributed by atoms with E-state index in [4.69, 9.17) is 0 Å². The zero-order valence-corrected chi connectivity index (χ0v) is 13.5. The van der Waals surface area contributed by atoms with Crippen molar-refractivity contribution in [2.75, 3.05) is 13.7 Å². The van der Waals surface area contributed by atoms with Gasteiger partial charge in [0.15, 0.2) is 0 Å². The quantitative estimate of drug-likeness (QED) is 0.477. The number of esters is 1. The summed E-state index contributed by atoms with van der Waals surface area (Å²) in [5.74, 6) is -0.862. The molecule has 0 spiro atoms. The molecule has 0 saturated carbocycles. The van der Waals surface area contributed by atoms with Crippen molar-refractivity contribution in [2.45, 2.75) is 12.8 Å². The van der Waals surface area contributed by atoms with Crippen LogP contribution in [0.4, 0.5) is 0 Å². The summed E-state index contributed by atoms with van der Waals surface area (Å²) >= 11 is 1.60. The Morgan fingerprint density at radius 2 is 2.09 bits per heavy atom. The second kappa shape index (κ2) is 8.79. The van der Waals surface area contributed by atoms with E-state index in [2.05, 4.69) is 20.0 Å². The van der Waals surface area contributed by atoms with Gasteiger partial charge in [-0.15, -0.1) is 11.3 Å². The molecule has 0 aromatic carbocycles. The molecule has 120 valence electrons. The van der Waals surface area contributed by atoms with Gasteiger partial charge in [-0.05, 0) is 18.6 Å². The molecule has 2 heterocycles. The SMILES string of the molecule is COC(=O)/C=C/C(=O)NCCCc1nc(-c2ccncc2)cs1. The van der Waals surface area contributed by atoms with Gasteiger partial charge in [-0.1, -0.05) is 0 Å². The predicted octanol–water partition coefficient (Wildman–Crippen LogP) is 1.98. The fourth-order valence-corrected chi connectivity index (χ4v) is 2.65. The average molecular weight is 331 g/mol. The molecule has 0 saturated heterocycles. The number of hydrogen-bond acceptors (Lipinski definition) is 6. The molecule has 0 aliphatic carbocycles. The van der Waals surface area contributed by atoms with Crippen molar-refractivity contribution in [3.8, 4) is 11.3 Å². The summed E-state index contributed by atoms with van der Waals surface area (Å²) in [7, 11) is 1.26. The minimum Gasteiger partial charge on any atom is -0.466 e. The average Bonchev–Trinajstić information content (AvgIpc) is 3.06. The normalized spacial score (nSPS) is 10.7. The number of thiazole rings is 1. The number of ether oxygens (including phenoxy) is 1. The van der Waals surface area contributed by atoms with Crippen LogP contribution in [0.5, 0.6) is 0 Å². The third kappa shape index (κ3) is 5.63. The number of carbonyl (C=O) groups excluding carboxylic acids is 2. The highest BCUT2D eigenvalue weighted by Crippen LogP contribution is 2.21. The van der Waals surface area contributed by atoms with E-state index < -0.39 is 5.97 Å². The molecule has 0 bridgehead atoms. The Morgan fingerprint density at radius 1 is 1.30 bits per heavy atom. The second-order valence-corrected chi connectivity index (χ2v) is 5.56.